The second-order valence-electron chi connectivity index (χ2n) is 5.67. The second-order valence-corrected chi connectivity index (χ2v) is 5.67. The van der Waals surface area contributed by atoms with Crippen molar-refractivity contribution in [2.24, 2.45) is 5.41 Å². The van der Waals surface area contributed by atoms with Gasteiger partial charge in [0.15, 0.2) is 11.5 Å². The van der Waals surface area contributed by atoms with E-state index in [1.165, 1.54) is 12.8 Å². The van der Waals surface area contributed by atoms with E-state index < -0.39 is 0 Å². The fourth-order valence-corrected chi connectivity index (χ4v) is 2.96. The molecule has 0 heterocycles. The molecule has 2 rings (SSSR count). The molecular weight excluding hydrogens is 254 g/mol. The Morgan fingerprint density at radius 3 is 2.70 bits per heavy atom. The van der Waals surface area contributed by atoms with Crippen molar-refractivity contribution in [3.8, 4) is 11.5 Å². The molecule has 0 bridgehead atoms. The van der Waals surface area contributed by atoms with Gasteiger partial charge in [0.1, 0.15) is 0 Å². The molecule has 20 heavy (non-hydrogen) atoms. The van der Waals surface area contributed by atoms with Crippen LogP contribution in [0.3, 0.4) is 0 Å². The van der Waals surface area contributed by atoms with E-state index in [2.05, 4.69) is 5.32 Å². The maximum atomic E-state index is 10.1. The summed E-state index contributed by atoms with van der Waals surface area (Å²) in [5, 5.41) is 23.1. The van der Waals surface area contributed by atoms with Gasteiger partial charge in [0.25, 0.3) is 0 Å². The van der Waals surface area contributed by atoms with Gasteiger partial charge in [-0.1, -0.05) is 25.0 Å². The summed E-state index contributed by atoms with van der Waals surface area (Å²) in [7, 11) is 0. The molecule has 0 aliphatic heterocycles. The molecule has 1 aliphatic carbocycles. The minimum Gasteiger partial charge on any atom is -0.504 e. The molecule has 0 amide bonds. The van der Waals surface area contributed by atoms with Crippen LogP contribution in [0.1, 0.15) is 38.2 Å². The van der Waals surface area contributed by atoms with Crippen LogP contribution >= 0.6 is 0 Å². The van der Waals surface area contributed by atoms with Crippen LogP contribution in [0.25, 0.3) is 0 Å². The smallest absolute Gasteiger partial charge is 0.162 e. The third-order valence-electron chi connectivity index (χ3n) is 4.20. The van der Waals surface area contributed by atoms with Gasteiger partial charge in [0.2, 0.25) is 0 Å². The quantitative estimate of drug-likeness (QED) is 0.717. The Bertz CT molecular complexity index is 428. The number of aliphatic hydroxyl groups is 1. The number of rotatable bonds is 7. The lowest BCUT2D eigenvalue weighted by atomic mass is 9.87. The Kier molecular flexibility index (Phi) is 5.26. The minimum atomic E-state index is 0.0349. The number of phenolic OH excluding ortho intramolecular Hbond substituents is 1. The summed E-state index contributed by atoms with van der Waals surface area (Å²) < 4.78 is 5.38. The van der Waals surface area contributed by atoms with Crippen LogP contribution in [0.5, 0.6) is 11.5 Å². The summed E-state index contributed by atoms with van der Waals surface area (Å²) in [6.07, 6.45) is 4.57. The van der Waals surface area contributed by atoms with E-state index in [-0.39, 0.29) is 17.8 Å². The summed E-state index contributed by atoms with van der Waals surface area (Å²) in [4.78, 5) is 0. The molecule has 0 radical (unpaired) electrons. The average molecular weight is 279 g/mol. The monoisotopic (exact) mass is 279 g/mol. The fraction of sp³-hybridized carbons (Fsp3) is 0.625. The van der Waals surface area contributed by atoms with Gasteiger partial charge in [0, 0.05) is 30.7 Å². The van der Waals surface area contributed by atoms with Gasteiger partial charge >= 0.3 is 0 Å². The first-order chi connectivity index (χ1) is 9.71. The number of nitrogens with one attached hydrogen (secondary N) is 1. The van der Waals surface area contributed by atoms with Crippen molar-refractivity contribution in [3.05, 3.63) is 23.8 Å². The SMILES string of the molecule is CCOc1cccc(CNCC2(CO)CCCC2)c1O. The number of ether oxygens (including phenoxy) is 1. The van der Waals surface area contributed by atoms with E-state index in [0.29, 0.717) is 18.9 Å². The summed E-state index contributed by atoms with van der Waals surface area (Å²) in [5.74, 6) is 0.746. The van der Waals surface area contributed by atoms with Crippen LogP contribution in [0, 0.1) is 5.41 Å². The molecule has 4 nitrogen and oxygen atoms in total. The standard InChI is InChI=1S/C16H25NO3/c1-2-20-14-7-5-6-13(15(14)19)10-17-11-16(12-18)8-3-4-9-16/h5-7,17-19H,2-4,8-12H2,1H3. The van der Waals surface area contributed by atoms with Crippen LogP contribution < -0.4 is 10.1 Å². The number of hydrogen-bond donors (Lipinski definition) is 3. The normalized spacial score (nSPS) is 17.3. The molecule has 0 aromatic heterocycles. The minimum absolute atomic E-state index is 0.0349. The van der Waals surface area contributed by atoms with Crippen molar-refractivity contribution in [1.29, 1.82) is 0 Å². The van der Waals surface area contributed by atoms with E-state index in [1.807, 2.05) is 19.1 Å². The highest BCUT2D eigenvalue weighted by molar-refractivity contribution is 5.45. The Morgan fingerprint density at radius 2 is 2.05 bits per heavy atom. The number of para-hydroxylation sites is 1. The highest BCUT2D eigenvalue weighted by Gasteiger charge is 2.32. The van der Waals surface area contributed by atoms with Crippen molar-refractivity contribution in [1.82, 2.24) is 5.32 Å². The molecule has 4 heteroatoms. The summed E-state index contributed by atoms with van der Waals surface area (Å²) >= 11 is 0. The Hall–Kier alpha value is -1.26. The van der Waals surface area contributed by atoms with Gasteiger partial charge in [-0.2, -0.15) is 0 Å². The van der Waals surface area contributed by atoms with E-state index in [9.17, 15) is 10.2 Å². The summed E-state index contributed by atoms with van der Waals surface area (Å²) in [6, 6.07) is 5.55. The van der Waals surface area contributed by atoms with Crippen LogP contribution in [0.15, 0.2) is 18.2 Å². The third-order valence-corrected chi connectivity index (χ3v) is 4.20. The van der Waals surface area contributed by atoms with Crippen LogP contribution in [0.4, 0.5) is 0 Å². The van der Waals surface area contributed by atoms with E-state index in [4.69, 9.17) is 4.74 Å². The summed E-state index contributed by atoms with van der Waals surface area (Å²) in [6.45, 7) is 4.06. The first-order valence-corrected chi connectivity index (χ1v) is 7.46. The number of benzene rings is 1. The van der Waals surface area contributed by atoms with Crippen molar-refractivity contribution >= 4 is 0 Å². The van der Waals surface area contributed by atoms with Crippen LogP contribution in [-0.2, 0) is 6.54 Å². The van der Waals surface area contributed by atoms with Gasteiger partial charge in [-0.15, -0.1) is 0 Å². The van der Waals surface area contributed by atoms with E-state index in [1.54, 1.807) is 6.07 Å². The van der Waals surface area contributed by atoms with E-state index in [0.717, 1.165) is 24.9 Å². The highest BCUT2D eigenvalue weighted by Crippen LogP contribution is 2.37. The maximum absolute atomic E-state index is 10.1. The Balaban J connectivity index is 1.92. The molecule has 1 aromatic carbocycles. The fourth-order valence-electron chi connectivity index (χ4n) is 2.96. The molecule has 1 aliphatic rings. The van der Waals surface area contributed by atoms with Gasteiger partial charge in [0.05, 0.1) is 6.61 Å². The van der Waals surface area contributed by atoms with Gasteiger partial charge in [-0.3, -0.25) is 0 Å². The molecule has 112 valence electrons. The van der Waals surface area contributed by atoms with Crippen molar-refractivity contribution < 1.29 is 14.9 Å². The molecule has 1 fully saturated rings. The number of aromatic hydroxyl groups is 1. The zero-order chi connectivity index (χ0) is 14.4. The lowest BCUT2D eigenvalue weighted by molar-refractivity contribution is 0.128. The Morgan fingerprint density at radius 1 is 1.30 bits per heavy atom. The molecule has 1 saturated carbocycles. The molecule has 3 N–H and O–H groups in total. The molecule has 1 aromatic rings. The lowest BCUT2D eigenvalue weighted by Crippen LogP contribution is -2.34. The van der Waals surface area contributed by atoms with Gasteiger partial charge in [-0.05, 0) is 25.8 Å². The molecular formula is C16H25NO3. The predicted molar refractivity (Wildman–Crippen MR) is 79.0 cm³/mol. The van der Waals surface area contributed by atoms with Gasteiger partial charge in [-0.25, -0.2) is 0 Å². The third kappa shape index (κ3) is 3.44. The second kappa shape index (κ2) is 6.95. The van der Waals surface area contributed by atoms with Crippen molar-refractivity contribution in [2.45, 2.75) is 39.2 Å². The molecule has 0 unspecified atom stereocenters. The highest BCUT2D eigenvalue weighted by atomic mass is 16.5. The topological polar surface area (TPSA) is 61.7 Å². The number of hydrogen-bond acceptors (Lipinski definition) is 4. The summed E-state index contributed by atoms with van der Waals surface area (Å²) in [5.41, 5.74) is 0.870. The largest absolute Gasteiger partial charge is 0.504 e. The van der Waals surface area contributed by atoms with Crippen LogP contribution in [0.2, 0.25) is 0 Å². The zero-order valence-corrected chi connectivity index (χ0v) is 12.2. The number of phenols is 1. The van der Waals surface area contributed by atoms with Crippen molar-refractivity contribution in [2.75, 3.05) is 19.8 Å². The number of aliphatic hydroxyl groups excluding tert-OH is 1. The lowest BCUT2D eigenvalue weighted by Gasteiger charge is -2.26. The van der Waals surface area contributed by atoms with Gasteiger partial charge < -0.3 is 20.3 Å². The van der Waals surface area contributed by atoms with E-state index >= 15 is 0 Å². The van der Waals surface area contributed by atoms with Crippen molar-refractivity contribution in [3.63, 3.8) is 0 Å². The first kappa shape index (κ1) is 15.1. The molecule has 0 saturated heterocycles. The first-order valence-electron chi connectivity index (χ1n) is 7.46. The average Bonchev–Trinajstić information content (AvgIpc) is 2.92. The zero-order valence-electron chi connectivity index (χ0n) is 12.2. The molecule has 0 spiro atoms. The Labute approximate surface area is 120 Å². The van der Waals surface area contributed by atoms with Crippen LogP contribution in [-0.4, -0.2) is 30.0 Å². The molecule has 0 atom stereocenters. The maximum Gasteiger partial charge on any atom is 0.162 e. The predicted octanol–water partition coefficient (Wildman–Crippen LogP) is 2.43.